The van der Waals surface area contributed by atoms with Crippen LogP contribution in [-0.4, -0.2) is 22.5 Å². The molecule has 128 valence electrons. The summed E-state index contributed by atoms with van der Waals surface area (Å²) < 4.78 is 4.98. The van der Waals surface area contributed by atoms with E-state index in [-0.39, 0.29) is 5.97 Å². The lowest BCUT2D eigenvalue weighted by Gasteiger charge is -2.05. The summed E-state index contributed by atoms with van der Waals surface area (Å²) in [7, 11) is 0. The van der Waals surface area contributed by atoms with Gasteiger partial charge in [-0.05, 0) is 37.5 Å². The van der Waals surface area contributed by atoms with Gasteiger partial charge < -0.3 is 4.74 Å². The number of aryl methyl sites for hydroxylation is 1. The summed E-state index contributed by atoms with van der Waals surface area (Å²) >= 11 is 0. The summed E-state index contributed by atoms with van der Waals surface area (Å²) in [5.74, 6) is 0.378. The maximum absolute atomic E-state index is 11.6. The molecule has 0 aliphatic carbocycles. The first-order valence-electron chi connectivity index (χ1n) is 8.83. The molecular weight excluding hydrogens is 300 g/mol. The molecule has 24 heavy (non-hydrogen) atoms. The standard InChI is InChI=1S/C20H26N2O2/c1-3-5-6-7-8-9-16-14-21-19(22-15-16)17-10-12-18(13-11-17)20(23)24-4-2/h10-15H,3-9H2,1-2H3. The Labute approximate surface area is 144 Å². The van der Waals surface area contributed by atoms with Crippen molar-refractivity contribution >= 4 is 5.97 Å². The molecule has 1 aromatic heterocycles. The monoisotopic (exact) mass is 326 g/mol. The lowest BCUT2D eigenvalue weighted by Crippen LogP contribution is -2.04. The summed E-state index contributed by atoms with van der Waals surface area (Å²) in [5.41, 5.74) is 2.63. The third kappa shape index (κ3) is 5.44. The molecule has 4 nitrogen and oxygen atoms in total. The van der Waals surface area contributed by atoms with Crippen LogP contribution < -0.4 is 0 Å². The molecule has 0 radical (unpaired) electrons. The summed E-state index contributed by atoms with van der Waals surface area (Å²) in [4.78, 5) is 20.5. The fourth-order valence-electron chi connectivity index (χ4n) is 2.54. The Morgan fingerprint density at radius 1 is 0.958 bits per heavy atom. The third-order valence-corrected chi connectivity index (χ3v) is 3.93. The molecule has 0 amide bonds. The molecule has 1 heterocycles. The largest absolute Gasteiger partial charge is 0.462 e. The first kappa shape index (κ1) is 18.1. The van der Waals surface area contributed by atoms with Crippen molar-refractivity contribution in [3.63, 3.8) is 0 Å². The van der Waals surface area contributed by atoms with Gasteiger partial charge in [-0.1, -0.05) is 44.7 Å². The number of rotatable bonds is 9. The van der Waals surface area contributed by atoms with Crippen molar-refractivity contribution in [3.05, 3.63) is 47.8 Å². The Morgan fingerprint density at radius 2 is 1.62 bits per heavy atom. The second-order valence-corrected chi connectivity index (χ2v) is 5.88. The van der Waals surface area contributed by atoms with Gasteiger partial charge in [-0.2, -0.15) is 0 Å². The van der Waals surface area contributed by atoms with Gasteiger partial charge >= 0.3 is 5.97 Å². The molecule has 0 bridgehead atoms. The predicted octanol–water partition coefficient (Wildman–Crippen LogP) is 4.83. The highest BCUT2D eigenvalue weighted by Crippen LogP contribution is 2.16. The van der Waals surface area contributed by atoms with Crippen LogP contribution in [0.15, 0.2) is 36.7 Å². The van der Waals surface area contributed by atoms with Gasteiger partial charge in [0.05, 0.1) is 12.2 Å². The lowest BCUT2D eigenvalue weighted by molar-refractivity contribution is 0.0526. The summed E-state index contributed by atoms with van der Waals surface area (Å²) in [6.07, 6.45) is 11.2. The Morgan fingerprint density at radius 3 is 2.25 bits per heavy atom. The minimum atomic E-state index is -0.302. The molecule has 0 aliphatic heterocycles. The number of esters is 1. The number of nitrogens with zero attached hydrogens (tertiary/aromatic N) is 2. The Hall–Kier alpha value is -2.23. The van der Waals surface area contributed by atoms with Crippen molar-refractivity contribution < 1.29 is 9.53 Å². The van der Waals surface area contributed by atoms with Crippen molar-refractivity contribution in [3.8, 4) is 11.4 Å². The Kier molecular flexibility index (Phi) is 7.40. The van der Waals surface area contributed by atoms with Crippen LogP contribution in [0, 0.1) is 0 Å². The maximum atomic E-state index is 11.6. The van der Waals surface area contributed by atoms with Crippen molar-refractivity contribution in [1.82, 2.24) is 9.97 Å². The van der Waals surface area contributed by atoms with E-state index in [9.17, 15) is 4.79 Å². The molecule has 0 aliphatic rings. The van der Waals surface area contributed by atoms with Crippen LogP contribution in [-0.2, 0) is 11.2 Å². The quantitative estimate of drug-likeness (QED) is 0.489. The first-order chi connectivity index (χ1) is 11.7. The molecule has 0 saturated carbocycles. The number of ether oxygens (including phenoxy) is 1. The average molecular weight is 326 g/mol. The van der Waals surface area contributed by atoms with E-state index in [1.54, 1.807) is 19.1 Å². The van der Waals surface area contributed by atoms with Gasteiger partial charge in [0, 0.05) is 18.0 Å². The van der Waals surface area contributed by atoms with Crippen molar-refractivity contribution in [2.45, 2.75) is 52.4 Å². The number of benzene rings is 1. The van der Waals surface area contributed by atoms with Gasteiger partial charge in [0.25, 0.3) is 0 Å². The minimum Gasteiger partial charge on any atom is -0.462 e. The normalized spacial score (nSPS) is 10.6. The smallest absolute Gasteiger partial charge is 0.338 e. The zero-order chi connectivity index (χ0) is 17.2. The third-order valence-electron chi connectivity index (χ3n) is 3.93. The van der Waals surface area contributed by atoms with E-state index in [0.717, 1.165) is 12.0 Å². The van der Waals surface area contributed by atoms with E-state index in [0.29, 0.717) is 18.0 Å². The first-order valence-corrected chi connectivity index (χ1v) is 8.83. The van der Waals surface area contributed by atoms with Gasteiger partial charge in [0.15, 0.2) is 5.82 Å². The molecular formula is C20H26N2O2. The van der Waals surface area contributed by atoms with E-state index in [1.165, 1.54) is 37.7 Å². The zero-order valence-corrected chi connectivity index (χ0v) is 14.6. The second kappa shape index (κ2) is 9.81. The molecule has 0 fully saturated rings. The fraction of sp³-hybridized carbons (Fsp3) is 0.450. The lowest BCUT2D eigenvalue weighted by atomic mass is 10.1. The summed E-state index contributed by atoms with van der Waals surface area (Å²) in [6.45, 7) is 4.40. The van der Waals surface area contributed by atoms with Crippen LogP contribution in [0.3, 0.4) is 0 Å². The highest BCUT2D eigenvalue weighted by Gasteiger charge is 2.07. The molecule has 0 atom stereocenters. The van der Waals surface area contributed by atoms with Crippen molar-refractivity contribution in [1.29, 1.82) is 0 Å². The Bertz CT molecular complexity index is 621. The molecule has 0 saturated heterocycles. The fourth-order valence-corrected chi connectivity index (χ4v) is 2.54. The van der Waals surface area contributed by atoms with Gasteiger partial charge in [0.1, 0.15) is 0 Å². The van der Waals surface area contributed by atoms with Crippen molar-refractivity contribution in [2.75, 3.05) is 6.61 Å². The van der Waals surface area contributed by atoms with Crippen LogP contribution in [0.5, 0.6) is 0 Å². The molecule has 2 rings (SSSR count). The minimum absolute atomic E-state index is 0.302. The highest BCUT2D eigenvalue weighted by atomic mass is 16.5. The summed E-state index contributed by atoms with van der Waals surface area (Å²) in [5, 5.41) is 0. The highest BCUT2D eigenvalue weighted by molar-refractivity contribution is 5.89. The maximum Gasteiger partial charge on any atom is 0.338 e. The second-order valence-electron chi connectivity index (χ2n) is 5.88. The molecule has 0 N–H and O–H groups in total. The van der Waals surface area contributed by atoms with Gasteiger partial charge in [0.2, 0.25) is 0 Å². The van der Waals surface area contributed by atoms with E-state index < -0.39 is 0 Å². The van der Waals surface area contributed by atoms with Crippen LogP contribution in [0.4, 0.5) is 0 Å². The number of aromatic nitrogens is 2. The van der Waals surface area contributed by atoms with Gasteiger partial charge in [-0.3, -0.25) is 0 Å². The van der Waals surface area contributed by atoms with Gasteiger partial charge in [-0.15, -0.1) is 0 Å². The van der Waals surface area contributed by atoms with Crippen LogP contribution in [0.1, 0.15) is 61.9 Å². The van der Waals surface area contributed by atoms with Crippen LogP contribution in [0.2, 0.25) is 0 Å². The molecule has 0 spiro atoms. The number of unbranched alkanes of at least 4 members (excludes halogenated alkanes) is 4. The Balaban J connectivity index is 1.91. The van der Waals surface area contributed by atoms with Crippen LogP contribution in [0.25, 0.3) is 11.4 Å². The number of carbonyl (C=O) groups excluding carboxylic acids is 1. The van der Waals surface area contributed by atoms with Gasteiger partial charge in [-0.25, -0.2) is 14.8 Å². The van der Waals surface area contributed by atoms with E-state index in [1.807, 2.05) is 24.5 Å². The van der Waals surface area contributed by atoms with Crippen molar-refractivity contribution in [2.24, 2.45) is 0 Å². The molecule has 4 heteroatoms. The number of hydrogen-bond acceptors (Lipinski definition) is 4. The molecule has 1 aromatic carbocycles. The number of carbonyl (C=O) groups is 1. The molecule has 2 aromatic rings. The SMILES string of the molecule is CCCCCCCc1cnc(-c2ccc(C(=O)OCC)cc2)nc1. The number of hydrogen-bond donors (Lipinski definition) is 0. The van der Waals surface area contributed by atoms with E-state index in [4.69, 9.17) is 4.74 Å². The van der Waals surface area contributed by atoms with Crippen LogP contribution >= 0.6 is 0 Å². The zero-order valence-electron chi connectivity index (χ0n) is 14.6. The molecule has 0 unspecified atom stereocenters. The average Bonchev–Trinajstić information content (AvgIpc) is 2.62. The van der Waals surface area contributed by atoms with E-state index in [2.05, 4.69) is 16.9 Å². The predicted molar refractivity (Wildman–Crippen MR) is 95.9 cm³/mol. The summed E-state index contributed by atoms with van der Waals surface area (Å²) in [6, 6.07) is 7.20. The topological polar surface area (TPSA) is 52.1 Å². The van der Waals surface area contributed by atoms with E-state index >= 15 is 0 Å².